The minimum absolute atomic E-state index is 0.576. The summed E-state index contributed by atoms with van der Waals surface area (Å²) in [5, 5.41) is 14.8. The molecule has 2 aromatic heterocycles. The molecule has 96 valence electrons. The zero-order valence-corrected chi connectivity index (χ0v) is 11.6. The number of anilines is 1. The maximum Gasteiger partial charge on any atom is 0.315 e. The van der Waals surface area contributed by atoms with E-state index in [2.05, 4.69) is 15.3 Å². The number of aromatic nitrogens is 2. The number of carboxylic acid groups (broad SMARTS) is 1. The molecule has 0 radical (unpaired) electrons. The minimum atomic E-state index is -0.957. The second-order valence-corrected chi connectivity index (χ2v) is 6.12. The van der Waals surface area contributed by atoms with Gasteiger partial charge in [0.1, 0.15) is 5.41 Å². The van der Waals surface area contributed by atoms with Crippen molar-refractivity contribution in [2.24, 2.45) is 0 Å². The third-order valence-electron chi connectivity index (χ3n) is 2.58. The van der Waals surface area contributed by atoms with Gasteiger partial charge < -0.3 is 10.4 Å². The van der Waals surface area contributed by atoms with E-state index in [9.17, 15) is 4.79 Å². The first-order chi connectivity index (χ1) is 8.50. The number of rotatable bonds is 5. The SMILES string of the molecule is CC(C)(C(=O)O)c1csc(NCc2cncs2)n1. The van der Waals surface area contributed by atoms with Crippen LogP contribution in [-0.2, 0) is 16.8 Å². The summed E-state index contributed by atoms with van der Waals surface area (Å²) >= 11 is 2.98. The molecule has 0 fully saturated rings. The van der Waals surface area contributed by atoms with E-state index in [1.807, 2.05) is 0 Å². The molecular weight excluding hydrogens is 270 g/mol. The van der Waals surface area contributed by atoms with Crippen molar-refractivity contribution in [1.82, 2.24) is 9.97 Å². The van der Waals surface area contributed by atoms with Crippen LogP contribution < -0.4 is 5.32 Å². The Morgan fingerprint density at radius 3 is 2.89 bits per heavy atom. The molecule has 0 aromatic carbocycles. The molecule has 2 heterocycles. The van der Waals surface area contributed by atoms with Gasteiger partial charge in [-0.25, -0.2) is 4.98 Å². The number of hydrogen-bond donors (Lipinski definition) is 2. The van der Waals surface area contributed by atoms with Crippen LogP contribution in [0.15, 0.2) is 17.1 Å². The number of carboxylic acids is 1. The Bertz CT molecular complexity index is 534. The number of nitrogens with zero attached hydrogens (tertiary/aromatic N) is 2. The Morgan fingerprint density at radius 2 is 2.28 bits per heavy atom. The van der Waals surface area contributed by atoms with Gasteiger partial charge in [0.15, 0.2) is 5.13 Å². The summed E-state index contributed by atoms with van der Waals surface area (Å²) in [6.45, 7) is 3.96. The summed E-state index contributed by atoms with van der Waals surface area (Å²) in [5.74, 6) is -0.873. The molecule has 2 aromatic rings. The van der Waals surface area contributed by atoms with Gasteiger partial charge in [-0.1, -0.05) is 0 Å². The lowest BCUT2D eigenvalue weighted by Crippen LogP contribution is -2.28. The number of nitrogens with one attached hydrogen (secondary N) is 1. The Kier molecular flexibility index (Phi) is 3.63. The molecule has 0 atom stereocenters. The van der Waals surface area contributed by atoms with Crippen molar-refractivity contribution in [2.45, 2.75) is 25.8 Å². The van der Waals surface area contributed by atoms with Crippen LogP contribution in [-0.4, -0.2) is 21.0 Å². The Balaban J connectivity index is 2.04. The fourth-order valence-electron chi connectivity index (χ4n) is 1.24. The summed E-state index contributed by atoms with van der Waals surface area (Å²) in [5.41, 5.74) is 1.39. The van der Waals surface area contributed by atoms with Crippen molar-refractivity contribution in [1.29, 1.82) is 0 Å². The van der Waals surface area contributed by atoms with Gasteiger partial charge in [0.2, 0.25) is 0 Å². The van der Waals surface area contributed by atoms with E-state index < -0.39 is 11.4 Å². The second-order valence-electron chi connectivity index (χ2n) is 4.29. The molecule has 0 unspecified atom stereocenters. The maximum atomic E-state index is 11.1. The summed E-state index contributed by atoms with van der Waals surface area (Å²) in [6, 6.07) is 0. The highest BCUT2D eigenvalue weighted by Crippen LogP contribution is 2.27. The average Bonchev–Trinajstić information content (AvgIpc) is 2.97. The molecule has 0 aliphatic rings. The van der Waals surface area contributed by atoms with Gasteiger partial charge in [0.25, 0.3) is 0 Å². The molecule has 0 saturated heterocycles. The number of carbonyl (C=O) groups is 1. The molecule has 0 bridgehead atoms. The van der Waals surface area contributed by atoms with Gasteiger partial charge in [-0.3, -0.25) is 9.78 Å². The fraction of sp³-hybridized carbons (Fsp3) is 0.364. The minimum Gasteiger partial charge on any atom is -0.481 e. The van der Waals surface area contributed by atoms with Crippen LogP contribution >= 0.6 is 22.7 Å². The van der Waals surface area contributed by atoms with Crippen molar-refractivity contribution in [3.8, 4) is 0 Å². The second kappa shape index (κ2) is 5.03. The van der Waals surface area contributed by atoms with Gasteiger partial charge in [-0.2, -0.15) is 0 Å². The Morgan fingerprint density at radius 1 is 1.50 bits per heavy atom. The standard InChI is InChI=1S/C11H13N3O2S2/c1-11(2,9(15)16)8-5-17-10(14-8)13-4-7-3-12-6-18-7/h3,5-6H,4H2,1-2H3,(H,13,14)(H,15,16). The van der Waals surface area contributed by atoms with Crippen molar-refractivity contribution < 1.29 is 9.90 Å². The fourth-order valence-corrected chi connectivity index (χ4v) is 2.66. The normalized spacial score (nSPS) is 11.4. The zero-order chi connectivity index (χ0) is 13.2. The maximum absolute atomic E-state index is 11.1. The first-order valence-electron chi connectivity index (χ1n) is 5.31. The quantitative estimate of drug-likeness (QED) is 0.882. The van der Waals surface area contributed by atoms with E-state index in [-0.39, 0.29) is 0 Å². The first-order valence-corrected chi connectivity index (χ1v) is 7.06. The van der Waals surface area contributed by atoms with Crippen molar-refractivity contribution in [3.63, 3.8) is 0 Å². The average molecular weight is 283 g/mol. The van der Waals surface area contributed by atoms with Crippen LogP contribution in [0.2, 0.25) is 0 Å². The van der Waals surface area contributed by atoms with E-state index in [0.29, 0.717) is 12.2 Å². The third kappa shape index (κ3) is 2.68. The molecule has 0 aliphatic carbocycles. The highest BCUT2D eigenvalue weighted by Gasteiger charge is 2.32. The smallest absolute Gasteiger partial charge is 0.315 e. The van der Waals surface area contributed by atoms with Gasteiger partial charge in [-0.15, -0.1) is 22.7 Å². The van der Waals surface area contributed by atoms with Gasteiger partial charge in [0, 0.05) is 16.5 Å². The van der Waals surface area contributed by atoms with E-state index in [4.69, 9.17) is 5.11 Å². The van der Waals surface area contributed by atoms with Crippen LogP contribution in [0.4, 0.5) is 5.13 Å². The summed E-state index contributed by atoms with van der Waals surface area (Å²) in [7, 11) is 0. The lowest BCUT2D eigenvalue weighted by molar-refractivity contribution is -0.142. The zero-order valence-electron chi connectivity index (χ0n) is 10.0. The Labute approximate surface area is 113 Å². The number of hydrogen-bond acceptors (Lipinski definition) is 6. The lowest BCUT2D eigenvalue weighted by Gasteiger charge is -2.15. The highest BCUT2D eigenvalue weighted by molar-refractivity contribution is 7.13. The lowest BCUT2D eigenvalue weighted by atomic mass is 9.90. The molecule has 0 saturated carbocycles. The molecule has 2 rings (SSSR count). The number of aliphatic carboxylic acids is 1. The monoisotopic (exact) mass is 283 g/mol. The van der Waals surface area contributed by atoms with Gasteiger partial charge >= 0.3 is 5.97 Å². The molecule has 5 nitrogen and oxygen atoms in total. The largest absolute Gasteiger partial charge is 0.481 e. The molecule has 18 heavy (non-hydrogen) atoms. The third-order valence-corrected chi connectivity index (χ3v) is 4.16. The molecule has 0 aliphatic heterocycles. The van der Waals surface area contributed by atoms with Crippen LogP contribution in [0.25, 0.3) is 0 Å². The molecule has 2 N–H and O–H groups in total. The van der Waals surface area contributed by atoms with Gasteiger partial charge in [0.05, 0.1) is 17.7 Å². The molecule has 7 heteroatoms. The van der Waals surface area contributed by atoms with Crippen LogP contribution in [0.3, 0.4) is 0 Å². The van der Waals surface area contributed by atoms with Gasteiger partial charge in [-0.05, 0) is 13.8 Å². The van der Waals surface area contributed by atoms with Crippen LogP contribution in [0, 0.1) is 0 Å². The molecule has 0 spiro atoms. The van der Waals surface area contributed by atoms with Crippen LogP contribution in [0.1, 0.15) is 24.4 Å². The highest BCUT2D eigenvalue weighted by atomic mass is 32.1. The van der Waals surface area contributed by atoms with E-state index in [1.54, 1.807) is 42.3 Å². The number of thiazole rings is 2. The topological polar surface area (TPSA) is 75.1 Å². The summed E-state index contributed by atoms with van der Waals surface area (Å²) in [4.78, 5) is 20.5. The first kappa shape index (κ1) is 13.0. The van der Waals surface area contributed by atoms with E-state index in [1.165, 1.54) is 11.3 Å². The van der Waals surface area contributed by atoms with Crippen molar-refractivity contribution >= 4 is 33.8 Å². The molecule has 0 amide bonds. The summed E-state index contributed by atoms with van der Waals surface area (Å²) in [6.07, 6.45) is 1.80. The Hall–Kier alpha value is -1.47. The molecular formula is C11H13N3O2S2. The van der Waals surface area contributed by atoms with E-state index in [0.717, 1.165) is 10.0 Å². The predicted octanol–water partition coefficient (Wildman–Crippen LogP) is 2.57. The summed E-state index contributed by atoms with van der Waals surface area (Å²) < 4.78 is 0. The van der Waals surface area contributed by atoms with Crippen molar-refractivity contribution in [3.05, 3.63) is 27.7 Å². The predicted molar refractivity (Wildman–Crippen MR) is 72.2 cm³/mol. The van der Waals surface area contributed by atoms with E-state index >= 15 is 0 Å². The van der Waals surface area contributed by atoms with Crippen LogP contribution in [0.5, 0.6) is 0 Å². The van der Waals surface area contributed by atoms with Crippen molar-refractivity contribution in [2.75, 3.05) is 5.32 Å².